The predicted octanol–water partition coefficient (Wildman–Crippen LogP) is 5.18. The molecule has 2 heterocycles. The highest BCUT2D eigenvalue weighted by molar-refractivity contribution is 7.22. The molecule has 0 saturated carbocycles. The molecule has 0 unspecified atom stereocenters. The van der Waals surface area contributed by atoms with E-state index in [9.17, 15) is 4.79 Å². The fraction of sp³-hybridized carbons (Fsp3) is 0.240. The van der Waals surface area contributed by atoms with Crippen LogP contribution in [0.4, 0.5) is 5.13 Å². The molecule has 33 heavy (non-hydrogen) atoms. The van der Waals surface area contributed by atoms with Gasteiger partial charge in [0.2, 0.25) is 5.75 Å². The van der Waals surface area contributed by atoms with Crippen LogP contribution in [-0.4, -0.2) is 37.2 Å². The summed E-state index contributed by atoms with van der Waals surface area (Å²) >= 11 is 1.48. The molecule has 0 atom stereocenters. The van der Waals surface area contributed by atoms with Crippen LogP contribution in [0.1, 0.15) is 27.2 Å². The van der Waals surface area contributed by atoms with Crippen LogP contribution < -0.4 is 19.1 Å². The van der Waals surface area contributed by atoms with Crippen molar-refractivity contribution in [1.82, 2.24) is 9.97 Å². The Morgan fingerprint density at radius 3 is 2.27 bits per heavy atom. The number of methoxy groups -OCH3 is 3. The second-order valence-electron chi connectivity index (χ2n) is 7.53. The van der Waals surface area contributed by atoms with Gasteiger partial charge < -0.3 is 14.2 Å². The van der Waals surface area contributed by atoms with Crippen molar-refractivity contribution >= 4 is 32.6 Å². The summed E-state index contributed by atoms with van der Waals surface area (Å²) in [7, 11) is 4.57. The first-order chi connectivity index (χ1) is 15.9. The number of carbonyl (C=O) groups excluding carboxylic acids is 1. The van der Waals surface area contributed by atoms with E-state index in [2.05, 4.69) is 24.9 Å². The highest BCUT2D eigenvalue weighted by Crippen LogP contribution is 2.39. The number of aryl methyl sites for hydroxylation is 2. The molecule has 0 aliphatic carbocycles. The number of benzene rings is 2. The first-order valence-corrected chi connectivity index (χ1v) is 11.2. The summed E-state index contributed by atoms with van der Waals surface area (Å²) in [6, 6.07) is 13.1. The molecule has 0 radical (unpaired) electrons. The van der Waals surface area contributed by atoms with Crippen LogP contribution >= 0.6 is 11.3 Å². The minimum absolute atomic E-state index is 0.243. The Morgan fingerprint density at radius 2 is 1.67 bits per heavy atom. The van der Waals surface area contributed by atoms with Crippen LogP contribution in [0.25, 0.3) is 10.2 Å². The van der Waals surface area contributed by atoms with Crippen LogP contribution in [0.2, 0.25) is 0 Å². The molecule has 2 aromatic heterocycles. The number of carbonyl (C=O) groups is 1. The second kappa shape index (κ2) is 9.46. The van der Waals surface area contributed by atoms with Gasteiger partial charge in [-0.25, -0.2) is 4.98 Å². The number of anilines is 1. The van der Waals surface area contributed by atoms with Crippen molar-refractivity contribution in [2.45, 2.75) is 20.4 Å². The molecule has 8 heteroatoms. The third kappa shape index (κ3) is 4.47. The number of hydrogen-bond acceptors (Lipinski definition) is 7. The molecule has 0 aliphatic heterocycles. The number of aromatic nitrogens is 2. The second-order valence-corrected chi connectivity index (χ2v) is 8.54. The lowest BCUT2D eigenvalue weighted by molar-refractivity contribution is 0.0984. The van der Waals surface area contributed by atoms with E-state index in [1.807, 2.05) is 24.3 Å². The van der Waals surface area contributed by atoms with Gasteiger partial charge in [0.05, 0.1) is 43.8 Å². The zero-order valence-electron chi connectivity index (χ0n) is 19.2. The minimum atomic E-state index is -0.243. The number of pyridine rings is 1. The van der Waals surface area contributed by atoms with E-state index in [4.69, 9.17) is 19.2 Å². The summed E-state index contributed by atoms with van der Waals surface area (Å²) in [5.74, 6) is 1.01. The largest absolute Gasteiger partial charge is 0.493 e. The molecule has 4 rings (SSSR count). The van der Waals surface area contributed by atoms with Gasteiger partial charge in [-0.05, 0) is 61.4 Å². The zero-order valence-corrected chi connectivity index (χ0v) is 20.0. The molecule has 1 amide bonds. The Bertz CT molecular complexity index is 1240. The van der Waals surface area contributed by atoms with Crippen LogP contribution in [-0.2, 0) is 6.54 Å². The van der Waals surface area contributed by atoms with E-state index in [0.717, 1.165) is 21.5 Å². The summed E-state index contributed by atoms with van der Waals surface area (Å²) in [6.45, 7) is 4.40. The molecule has 0 saturated heterocycles. The topological polar surface area (TPSA) is 73.8 Å². The Labute approximate surface area is 196 Å². The standard InChI is InChI=1S/C25H25N3O4S/c1-15-10-19-22(11-16(15)2)33-25(27-19)28(14-18-8-6-7-9-26-18)24(29)17-12-20(30-3)23(32-5)21(13-17)31-4/h6-13H,14H2,1-5H3. The van der Waals surface area contributed by atoms with Gasteiger partial charge in [0.25, 0.3) is 5.91 Å². The highest BCUT2D eigenvalue weighted by Gasteiger charge is 2.25. The van der Waals surface area contributed by atoms with Gasteiger partial charge >= 0.3 is 0 Å². The van der Waals surface area contributed by atoms with Gasteiger partial charge in [-0.15, -0.1) is 0 Å². The van der Waals surface area contributed by atoms with Gasteiger partial charge in [0.1, 0.15) is 0 Å². The van der Waals surface area contributed by atoms with E-state index in [-0.39, 0.29) is 12.5 Å². The summed E-state index contributed by atoms with van der Waals surface area (Å²) in [4.78, 5) is 24.6. The van der Waals surface area contributed by atoms with Gasteiger partial charge in [-0.3, -0.25) is 14.7 Å². The van der Waals surface area contributed by atoms with E-state index >= 15 is 0 Å². The number of fused-ring (bicyclic) bond motifs is 1. The molecular formula is C25H25N3O4S. The first kappa shape index (κ1) is 22.5. The maximum atomic E-state index is 13.8. The number of rotatable bonds is 7. The average molecular weight is 464 g/mol. The summed E-state index contributed by atoms with van der Waals surface area (Å²) in [6.07, 6.45) is 1.71. The summed E-state index contributed by atoms with van der Waals surface area (Å²) in [5.41, 5.74) is 4.36. The number of hydrogen-bond donors (Lipinski definition) is 0. The molecule has 0 spiro atoms. The lowest BCUT2D eigenvalue weighted by Crippen LogP contribution is -2.30. The molecule has 0 fully saturated rings. The van der Waals surface area contributed by atoms with Crippen molar-refractivity contribution in [3.8, 4) is 17.2 Å². The maximum Gasteiger partial charge on any atom is 0.260 e. The quantitative estimate of drug-likeness (QED) is 0.376. The number of nitrogens with zero attached hydrogens (tertiary/aromatic N) is 3. The van der Waals surface area contributed by atoms with Crippen LogP contribution in [0.3, 0.4) is 0 Å². The van der Waals surface area contributed by atoms with Crippen molar-refractivity contribution < 1.29 is 19.0 Å². The number of amides is 1. The van der Waals surface area contributed by atoms with Crippen molar-refractivity contribution in [2.24, 2.45) is 0 Å². The molecule has 0 aliphatic rings. The smallest absolute Gasteiger partial charge is 0.260 e. The average Bonchev–Trinajstić information content (AvgIpc) is 3.24. The van der Waals surface area contributed by atoms with E-state index < -0.39 is 0 Å². The van der Waals surface area contributed by atoms with Gasteiger partial charge in [0, 0.05) is 11.8 Å². The monoisotopic (exact) mass is 463 g/mol. The van der Waals surface area contributed by atoms with Gasteiger partial charge in [0.15, 0.2) is 16.6 Å². The molecule has 7 nitrogen and oxygen atoms in total. The Kier molecular flexibility index (Phi) is 6.46. The van der Waals surface area contributed by atoms with E-state index in [1.165, 1.54) is 38.2 Å². The lowest BCUT2D eigenvalue weighted by atomic mass is 10.1. The SMILES string of the molecule is COc1cc(C(=O)N(Cc2ccccn2)c2nc3cc(C)c(C)cc3s2)cc(OC)c1OC. The van der Waals surface area contributed by atoms with E-state index in [1.54, 1.807) is 23.2 Å². The fourth-order valence-corrected chi connectivity index (χ4v) is 4.57. The minimum Gasteiger partial charge on any atom is -0.493 e. The zero-order chi connectivity index (χ0) is 23.5. The Morgan fingerprint density at radius 1 is 0.970 bits per heavy atom. The molecule has 0 bridgehead atoms. The number of thiazole rings is 1. The van der Waals surface area contributed by atoms with Crippen molar-refractivity contribution in [3.05, 3.63) is 71.0 Å². The lowest BCUT2D eigenvalue weighted by Gasteiger charge is -2.21. The summed E-state index contributed by atoms with van der Waals surface area (Å²) < 4.78 is 17.3. The predicted molar refractivity (Wildman–Crippen MR) is 130 cm³/mol. The molecule has 170 valence electrons. The van der Waals surface area contributed by atoms with Crippen molar-refractivity contribution in [3.63, 3.8) is 0 Å². The highest BCUT2D eigenvalue weighted by atomic mass is 32.1. The molecule has 2 aromatic carbocycles. The number of ether oxygens (including phenoxy) is 3. The Hall–Kier alpha value is -3.65. The van der Waals surface area contributed by atoms with Crippen molar-refractivity contribution in [2.75, 3.05) is 26.2 Å². The molecule has 4 aromatic rings. The van der Waals surface area contributed by atoms with Gasteiger partial charge in [-0.1, -0.05) is 17.4 Å². The first-order valence-electron chi connectivity index (χ1n) is 10.3. The van der Waals surface area contributed by atoms with Gasteiger partial charge in [-0.2, -0.15) is 0 Å². The Balaban J connectivity index is 1.82. The van der Waals surface area contributed by atoms with Crippen LogP contribution in [0, 0.1) is 13.8 Å². The van der Waals surface area contributed by atoms with E-state index in [0.29, 0.717) is 27.9 Å². The molecular weight excluding hydrogens is 438 g/mol. The fourth-order valence-electron chi connectivity index (χ4n) is 3.52. The summed E-state index contributed by atoms with van der Waals surface area (Å²) in [5, 5.41) is 0.597. The van der Waals surface area contributed by atoms with Crippen molar-refractivity contribution in [1.29, 1.82) is 0 Å². The maximum absolute atomic E-state index is 13.8. The third-order valence-corrected chi connectivity index (χ3v) is 6.47. The third-order valence-electron chi connectivity index (χ3n) is 5.43. The molecule has 0 N–H and O–H groups in total. The van der Waals surface area contributed by atoms with Crippen LogP contribution in [0.15, 0.2) is 48.7 Å². The van der Waals surface area contributed by atoms with Crippen LogP contribution in [0.5, 0.6) is 17.2 Å². The normalized spacial score (nSPS) is 10.8.